The normalized spacial score (nSPS) is 10.3. The molecule has 0 amide bonds. The smallest absolute Gasteiger partial charge is 0.214 e. The lowest BCUT2D eigenvalue weighted by Crippen LogP contribution is -1.84. The van der Waals surface area contributed by atoms with Crippen molar-refractivity contribution in [2.45, 2.75) is 0 Å². The average molecular weight is 290 g/mol. The van der Waals surface area contributed by atoms with Crippen LogP contribution in [-0.4, -0.2) is 10.1 Å². The Morgan fingerprint density at radius 3 is 2.77 bits per heavy atom. The molecule has 0 unspecified atom stereocenters. The van der Waals surface area contributed by atoms with Gasteiger partial charge in [0.05, 0.1) is 0 Å². The highest BCUT2D eigenvalue weighted by Crippen LogP contribution is 2.19. The van der Waals surface area contributed by atoms with Gasteiger partial charge in [-0.15, -0.1) is 0 Å². The summed E-state index contributed by atoms with van der Waals surface area (Å²) in [5.41, 5.74) is 0.623. The van der Waals surface area contributed by atoms with Crippen LogP contribution in [-0.2, 0) is 0 Å². The molecule has 0 fully saturated rings. The minimum absolute atomic E-state index is 0.299. The molecule has 0 radical (unpaired) electrons. The third-order valence-electron chi connectivity index (χ3n) is 1.48. The van der Waals surface area contributed by atoms with E-state index in [1.165, 1.54) is 18.5 Å². The number of nitrogens with zero attached hydrogens (tertiary/aromatic N) is 2. The highest BCUT2D eigenvalue weighted by atomic mass is 127. The van der Waals surface area contributed by atoms with Gasteiger partial charge in [-0.05, 0) is 40.8 Å². The van der Waals surface area contributed by atoms with Gasteiger partial charge in [-0.2, -0.15) is 4.98 Å². The number of aromatic nitrogens is 2. The highest BCUT2D eigenvalue weighted by Gasteiger charge is 2.05. The zero-order valence-corrected chi connectivity index (χ0v) is 8.53. The minimum atomic E-state index is -0.299. The molecule has 0 aliphatic rings. The van der Waals surface area contributed by atoms with Crippen LogP contribution in [0.4, 0.5) is 4.39 Å². The number of hydrogen-bond acceptors (Lipinski definition) is 3. The Hall–Kier alpha value is -0.980. The van der Waals surface area contributed by atoms with Crippen LogP contribution in [0.5, 0.6) is 0 Å². The monoisotopic (exact) mass is 290 g/mol. The van der Waals surface area contributed by atoms with Gasteiger partial charge in [0.15, 0.2) is 0 Å². The molecule has 66 valence electrons. The van der Waals surface area contributed by atoms with Gasteiger partial charge in [-0.25, -0.2) is 4.39 Å². The SMILES string of the molecule is Fc1cc(I)cc(-c2ncon2)c1. The second-order valence-electron chi connectivity index (χ2n) is 2.41. The molecule has 1 aromatic heterocycles. The van der Waals surface area contributed by atoms with E-state index in [4.69, 9.17) is 0 Å². The maximum Gasteiger partial charge on any atom is 0.214 e. The molecular weight excluding hydrogens is 286 g/mol. The highest BCUT2D eigenvalue weighted by molar-refractivity contribution is 14.1. The fourth-order valence-corrected chi connectivity index (χ4v) is 1.61. The topological polar surface area (TPSA) is 38.9 Å². The molecule has 0 bridgehead atoms. The lowest BCUT2D eigenvalue weighted by Gasteiger charge is -1.96. The van der Waals surface area contributed by atoms with E-state index in [-0.39, 0.29) is 5.82 Å². The van der Waals surface area contributed by atoms with Gasteiger partial charge < -0.3 is 4.52 Å². The fourth-order valence-electron chi connectivity index (χ4n) is 0.981. The zero-order valence-electron chi connectivity index (χ0n) is 6.37. The van der Waals surface area contributed by atoms with E-state index in [0.717, 1.165) is 3.57 Å². The van der Waals surface area contributed by atoms with Crippen molar-refractivity contribution in [2.24, 2.45) is 0 Å². The molecule has 5 heteroatoms. The molecule has 0 aliphatic heterocycles. The van der Waals surface area contributed by atoms with Gasteiger partial charge in [0, 0.05) is 9.13 Å². The van der Waals surface area contributed by atoms with E-state index in [9.17, 15) is 4.39 Å². The Morgan fingerprint density at radius 1 is 1.31 bits per heavy atom. The third kappa shape index (κ3) is 1.85. The molecule has 2 rings (SSSR count). The van der Waals surface area contributed by atoms with Gasteiger partial charge in [0.1, 0.15) is 5.82 Å². The van der Waals surface area contributed by atoms with Gasteiger partial charge in [-0.3, -0.25) is 0 Å². The molecule has 3 nitrogen and oxygen atoms in total. The van der Waals surface area contributed by atoms with Crippen LogP contribution in [0.2, 0.25) is 0 Å². The van der Waals surface area contributed by atoms with Gasteiger partial charge in [0.25, 0.3) is 0 Å². The summed E-state index contributed by atoms with van der Waals surface area (Å²) in [6.45, 7) is 0. The fraction of sp³-hybridized carbons (Fsp3) is 0. The van der Waals surface area contributed by atoms with Crippen LogP contribution in [0.3, 0.4) is 0 Å². The molecule has 0 saturated heterocycles. The summed E-state index contributed by atoms with van der Waals surface area (Å²) in [6.07, 6.45) is 1.22. The largest absolute Gasteiger partial charge is 0.342 e. The molecule has 1 heterocycles. The summed E-state index contributed by atoms with van der Waals surface area (Å²) in [7, 11) is 0. The number of hydrogen-bond donors (Lipinski definition) is 0. The van der Waals surface area contributed by atoms with Crippen LogP contribution in [0.1, 0.15) is 0 Å². The number of benzene rings is 1. The second kappa shape index (κ2) is 3.41. The summed E-state index contributed by atoms with van der Waals surface area (Å²) in [5.74, 6) is 0.101. The van der Waals surface area contributed by atoms with Crippen molar-refractivity contribution in [2.75, 3.05) is 0 Å². The quantitative estimate of drug-likeness (QED) is 0.757. The minimum Gasteiger partial charge on any atom is -0.342 e. The van der Waals surface area contributed by atoms with Crippen LogP contribution in [0.15, 0.2) is 29.1 Å². The summed E-state index contributed by atoms with van der Waals surface area (Å²) in [5, 5.41) is 3.61. The van der Waals surface area contributed by atoms with Crippen LogP contribution >= 0.6 is 22.6 Å². The van der Waals surface area contributed by atoms with E-state index in [1.54, 1.807) is 6.07 Å². The lowest BCUT2D eigenvalue weighted by atomic mass is 10.2. The van der Waals surface area contributed by atoms with E-state index in [0.29, 0.717) is 11.4 Å². The Kier molecular flexibility index (Phi) is 2.26. The Bertz CT molecular complexity index is 396. The van der Waals surface area contributed by atoms with Crippen LogP contribution < -0.4 is 0 Å². The molecule has 2 aromatic rings. The maximum atomic E-state index is 12.9. The Labute approximate surface area is 87.1 Å². The first-order valence-electron chi connectivity index (χ1n) is 3.48. The lowest BCUT2D eigenvalue weighted by molar-refractivity contribution is 0.418. The van der Waals surface area contributed by atoms with Gasteiger partial charge in [-0.1, -0.05) is 5.16 Å². The van der Waals surface area contributed by atoms with E-state index in [2.05, 4.69) is 14.7 Å². The zero-order chi connectivity index (χ0) is 9.26. The van der Waals surface area contributed by atoms with Crippen molar-refractivity contribution in [3.05, 3.63) is 34.0 Å². The first kappa shape index (κ1) is 8.61. The standard InChI is InChI=1S/C8H4FIN2O/c9-6-1-5(2-7(10)3-6)8-11-4-13-12-8/h1-4H. The molecule has 0 N–H and O–H groups in total. The third-order valence-corrected chi connectivity index (χ3v) is 2.10. The number of halogens is 2. The first-order valence-corrected chi connectivity index (χ1v) is 4.56. The van der Waals surface area contributed by atoms with Crippen LogP contribution in [0, 0.1) is 9.39 Å². The van der Waals surface area contributed by atoms with E-state index in [1.807, 2.05) is 22.6 Å². The Balaban J connectivity index is 2.53. The van der Waals surface area contributed by atoms with Gasteiger partial charge in [0.2, 0.25) is 12.2 Å². The molecule has 0 aliphatic carbocycles. The van der Waals surface area contributed by atoms with Gasteiger partial charge >= 0.3 is 0 Å². The van der Waals surface area contributed by atoms with Crippen molar-refractivity contribution in [3.63, 3.8) is 0 Å². The summed E-state index contributed by atoms with van der Waals surface area (Å²) in [4.78, 5) is 3.82. The summed E-state index contributed by atoms with van der Waals surface area (Å²) >= 11 is 2.03. The second-order valence-corrected chi connectivity index (χ2v) is 3.66. The van der Waals surface area contributed by atoms with Crippen LogP contribution in [0.25, 0.3) is 11.4 Å². The molecule has 1 aromatic carbocycles. The molecule has 0 saturated carbocycles. The predicted octanol–water partition coefficient (Wildman–Crippen LogP) is 2.48. The van der Waals surface area contributed by atoms with Crippen molar-refractivity contribution in [3.8, 4) is 11.4 Å². The van der Waals surface area contributed by atoms with E-state index >= 15 is 0 Å². The molecular formula is C8H4FIN2O. The average Bonchev–Trinajstić information content (AvgIpc) is 2.53. The first-order chi connectivity index (χ1) is 6.25. The van der Waals surface area contributed by atoms with Crippen molar-refractivity contribution < 1.29 is 8.91 Å². The van der Waals surface area contributed by atoms with E-state index < -0.39 is 0 Å². The van der Waals surface area contributed by atoms with Crippen molar-refractivity contribution in [1.29, 1.82) is 0 Å². The van der Waals surface area contributed by atoms with Crippen molar-refractivity contribution >= 4 is 22.6 Å². The summed E-state index contributed by atoms with van der Waals surface area (Å²) in [6, 6.07) is 4.59. The molecule has 0 spiro atoms. The predicted molar refractivity (Wildman–Crippen MR) is 52.4 cm³/mol. The summed E-state index contributed by atoms with van der Waals surface area (Å²) < 4.78 is 18.3. The molecule has 13 heavy (non-hydrogen) atoms. The Morgan fingerprint density at radius 2 is 2.15 bits per heavy atom. The maximum absolute atomic E-state index is 12.9. The van der Waals surface area contributed by atoms with Crippen molar-refractivity contribution in [1.82, 2.24) is 10.1 Å². The molecule has 0 atom stereocenters. The number of rotatable bonds is 1.